The molecule has 162 valence electrons. The molecule has 0 unspecified atom stereocenters. The van der Waals surface area contributed by atoms with Gasteiger partial charge in [0.05, 0.1) is 17.5 Å². The second-order valence-corrected chi connectivity index (χ2v) is 9.41. The summed E-state index contributed by atoms with van der Waals surface area (Å²) in [7, 11) is -3.23. The van der Waals surface area contributed by atoms with Crippen molar-refractivity contribution in [1.82, 2.24) is 5.32 Å². The van der Waals surface area contributed by atoms with E-state index in [1.165, 1.54) is 6.26 Å². The van der Waals surface area contributed by atoms with Crippen molar-refractivity contribution in [3.63, 3.8) is 0 Å². The van der Waals surface area contributed by atoms with Gasteiger partial charge < -0.3 is 15.5 Å². The first kappa shape index (κ1) is 22.7. The van der Waals surface area contributed by atoms with Crippen LogP contribution >= 0.6 is 0 Å². The zero-order valence-corrected chi connectivity index (χ0v) is 17.9. The molecule has 3 aromatic carbocycles. The lowest BCUT2D eigenvalue weighted by molar-refractivity contribution is -0.130. The quantitative estimate of drug-likeness (QED) is 0.500. The Kier molecular flexibility index (Phi) is 7.22. The number of benzene rings is 3. The minimum absolute atomic E-state index is 0.262. The standard InChI is InChI=1S/C24H25NO5S/c1-31(29,30)22-13-11-19(12-14-22)18-9-7-17(8-10-18)15-21(16-26)25-24(28)23(27)20-5-3-2-4-6-20/h2-14,21,23,26-27H,15-16H2,1H3,(H,25,28)/t21-,23+/m0/s1. The van der Waals surface area contributed by atoms with Gasteiger partial charge in [-0.3, -0.25) is 4.79 Å². The SMILES string of the molecule is CS(=O)(=O)c1ccc(-c2ccc(C[C@@H](CO)NC(=O)[C@H](O)c3ccccc3)cc2)cc1. The van der Waals surface area contributed by atoms with Crippen molar-refractivity contribution in [3.8, 4) is 11.1 Å². The van der Waals surface area contributed by atoms with Gasteiger partial charge in [0.2, 0.25) is 0 Å². The van der Waals surface area contributed by atoms with Gasteiger partial charge in [0.25, 0.3) is 5.91 Å². The average Bonchev–Trinajstić information content (AvgIpc) is 2.78. The fourth-order valence-corrected chi connectivity index (χ4v) is 3.87. The number of hydrogen-bond donors (Lipinski definition) is 3. The van der Waals surface area contributed by atoms with Crippen LogP contribution in [0.4, 0.5) is 0 Å². The van der Waals surface area contributed by atoms with Crippen molar-refractivity contribution >= 4 is 15.7 Å². The van der Waals surface area contributed by atoms with E-state index in [0.717, 1.165) is 16.7 Å². The fraction of sp³-hybridized carbons (Fsp3) is 0.208. The first-order chi connectivity index (χ1) is 14.8. The topological polar surface area (TPSA) is 104 Å². The molecule has 6 nitrogen and oxygen atoms in total. The molecule has 0 saturated heterocycles. The molecule has 0 heterocycles. The molecule has 2 atom stereocenters. The van der Waals surface area contributed by atoms with Crippen molar-refractivity contribution in [1.29, 1.82) is 0 Å². The van der Waals surface area contributed by atoms with Crippen molar-refractivity contribution in [3.05, 3.63) is 90.0 Å². The van der Waals surface area contributed by atoms with Crippen LogP contribution in [0.3, 0.4) is 0 Å². The smallest absolute Gasteiger partial charge is 0.253 e. The Morgan fingerprint density at radius 1 is 0.903 bits per heavy atom. The highest BCUT2D eigenvalue weighted by Gasteiger charge is 2.20. The first-order valence-electron chi connectivity index (χ1n) is 9.81. The zero-order chi connectivity index (χ0) is 22.4. The molecule has 0 radical (unpaired) electrons. The second-order valence-electron chi connectivity index (χ2n) is 7.40. The van der Waals surface area contributed by atoms with E-state index in [9.17, 15) is 23.4 Å². The third-order valence-corrected chi connectivity index (χ3v) is 6.11. The maximum atomic E-state index is 12.3. The monoisotopic (exact) mass is 439 g/mol. The van der Waals surface area contributed by atoms with Gasteiger partial charge >= 0.3 is 0 Å². The molecule has 0 aliphatic heterocycles. The Morgan fingerprint density at radius 2 is 1.45 bits per heavy atom. The highest BCUT2D eigenvalue weighted by molar-refractivity contribution is 7.90. The maximum Gasteiger partial charge on any atom is 0.253 e. The van der Waals surface area contributed by atoms with E-state index < -0.39 is 27.9 Å². The zero-order valence-electron chi connectivity index (χ0n) is 17.1. The molecule has 0 aliphatic carbocycles. The molecule has 3 N–H and O–H groups in total. The van der Waals surface area contributed by atoms with Gasteiger partial charge in [0, 0.05) is 6.26 Å². The highest BCUT2D eigenvalue weighted by Crippen LogP contribution is 2.22. The van der Waals surface area contributed by atoms with Crippen LogP contribution in [0.25, 0.3) is 11.1 Å². The summed E-state index contributed by atoms with van der Waals surface area (Å²) in [5.74, 6) is -0.562. The summed E-state index contributed by atoms with van der Waals surface area (Å²) in [5.41, 5.74) is 3.21. The number of aliphatic hydroxyl groups is 2. The number of carbonyl (C=O) groups excluding carboxylic acids is 1. The van der Waals surface area contributed by atoms with Crippen molar-refractivity contribution in [2.45, 2.75) is 23.5 Å². The van der Waals surface area contributed by atoms with Crippen LogP contribution in [0.15, 0.2) is 83.8 Å². The summed E-state index contributed by atoms with van der Waals surface area (Å²) in [6.45, 7) is -0.262. The third kappa shape index (κ3) is 6.01. The Hall–Kier alpha value is -3.00. The fourth-order valence-electron chi connectivity index (χ4n) is 3.24. The van der Waals surface area contributed by atoms with Crippen LogP contribution in [-0.4, -0.2) is 43.4 Å². The van der Waals surface area contributed by atoms with E-state index >= 15 is 0 Å². The molecule has 0 spiro atoms. The molecule has 0 saturated carbocycles. The Labute approximate surface area is 182 Å². The molecule has 0 aromatic heterocycles. The lowest BCUT2D eigenvalue weighted by Gasteiger charge is -2.19. The lowest BCUT2D eigenvalue weighted by atomic mass is 10.0. The number of carbonyl (C=O) groups is 1. The van der Waals surface area contributed by atoms with Crippen molar-refractivity contribution < 1.29 is 23.4 Å². The molecule has 7 heteroatoms. The Bertz CT molecular complexity index is 1110. The maximum absolute atomic E-state index is 12.3. The number of amides is 1. The molecule has 0 aliphatic rings. The van der Waals surface area contributed by atoms with Gasteiger partial charge in [-0.05, 0) is 40.8 Å². The van der Waals surface area contributed by atoms with Crippen LogP contribution < -0.4 is 5.32 Å². The summed E-state index contributed by atoms with van der Waals surface area (Å²) in [6.07, 6.45) is 0.274. The minimum Gasteiger partial charge on any atom is -0.394 e. The molecular weight excluding hydrogens is 414 g/mol. The van der Waals surface area contributed by atoms with Gasteiger partial charge in [-0.1, -0.05) is 66.7 Å². The van der Waals surface area contributed by atoms with E-state index in [4.69, 9.17) is 0 Å². The molecule has 1 amide bonds. The van der Waals surface area contributed by atoms with Gasteiger partial charge in [-0.25, -0.2) is 8.42 Å². The van der Waals surface area contributed by atoms with E-state index in [1.807, 2.05) is 24.3 Å². The number of rotatable bonds is 8. The molecule has 0 bridgehead atoms. The minimum atomic E-state index is -3.23. The largest absolute Gasteiger partial charge is 0.394 e. The van der Waals surface area contributed by atoms with Crippen LogP contribution in [0.5, 0.6) is 0 Å². The van der Waals surface area contributed by atoms with E-state index in [1.54, 1.807) is 54.6 Å². The summed E-state index contributed by atoms with van der Waals surface area (Å²) >= 11 is 0. The molecule has 31 heavy (non-hydrogen) atoms. The van der Waals surface area contributed by atoms with Crippen LogP contribution in [-0.2, 0) is 21.1 Å². The van der Waals surface area contributed by atoms with Gasteiger partial charge in [0.15, 0.2) is 15.9 Å². The normalized spacial score (nSPS) is 13.4. The predicted molar refractivity (Wildman–Crippen MR) is 119 cm³/mol. The molecule has 0 fully saturated rings. The number of sulfone groups is 1. The molecule has 3 rings (SSSR count). The van der Waals surface area contributed by atoms with Crippen LogP contribution in [0.1, 0.15) is 17.2 Å². The average molecular weight is 440 g/mol. The Morgan fingerprint density at radius 3 is 1.97 bits per heavy atom. The predicted octanol–water partition coefficient (Wildman–Crippen LogP) is 2.51. The lowest BCUT2D eigenvalue weighted by Crippen LogP contribution is -2.41. The summed E-state index contributed by atoms with van der Waals surface area (Å²) in [6, 6.07) is 22.3. The van der Waals surface area contributed by atoms with Gasteiger partial charge in [-0.15, -0.1) is 0 Å². The first-order valence-corrected chi connectivity index (χ1v) is 11.7. The number of nitrogens with one attached hydrogen (secondary N) is 1. The summed E-state index contributed by atoms with van der Waals surface area (Å²) in [5, 5.41) is 22.6. The van der Waals surface area contributed by atoms with Crippen LogP contribution in [0, 0.1) is 0 Å². The van der Waals surface area contributed by atoms with Crippen molar-refractivity contribution in [2.24, 2.45) is 0 Å². The van der Waals surface area contributed by atoms with E-state index in [0.29, 0.717) is 12.0 Å². The summed E-state index contributed by atoms with van der Waals surface area (Å²) in [4.78, 5) is 12.6. The van der Waals surface area contributed by atoms with E-state index in [-0.39, 0.29) is 11.5 Å². The third-order valence-electron chi connectivity index (χ3n) is 4.98. The molecule has 3 aromatic rings. The highest BCUT2D eigenvalue weighted by atomic mass is 32.2. The van der Waals surface area contributed by atoms with E-state index in [2.05, 4.69) is 5.32 Å². The number of aliphatic hydroxyl groups excluding tert-OH is 2. The van der Waals surface area contributed by atoms with Crippen molar-refractivity contribution in [2.75, 3.05) is 12.9 Å². The molecular formula is C24H25NO5S. The second kappa shape index (κ2) is 9.87. The summed E-state index contributed by atoms with van der Waals surface area (Å²) < 4.78 is 23.2. The van der Waals surface area contributed by atoms with Crippen LogP contribution in [0.2, 0.25) is 0 Å². The van der Waals surface area contributed by atoms with Gasteiger partial charge in [-0.2, -0.15) is 0 Å². The van der Waals surface area contributed by atoms with Gasteiger partial charge in [0.1, 0.15) is 0 Å². The number of hydrogen-bond acceptors (Lipinski definition) is 5. The Balaban J connectivity index is 1.64.